The van der Waals surface area contributed by atoms with Crippen LogP contribution in [-0.2, 0) is 6.18 Å². The Morgan fingerprint density at radius 2 is 1.81 bits per heavy atom. The molecule has 0 radical (unpaired) electrons. The number of carbonyl (C=O) groups is 1. The van der Waals surface area contributed by atoms with Gasteiger partial charge in [-0.05, 0) is 12.1 Å². The van der Waals surface area contributed by atoms with Crippen molar-refractivity contribution >= 4 is 12.1 Å². The maximum Gasteiger partial charge on any atom is 0.451 e. The highest BCUT2D eigenvalue weighted by molar-refractivity contribution is 5.94. The van der Waals surface area contributed by atoms with Crippen molar-refractivity contribution in [2.45, 2.75) is 6.18 Å². The van der Waals surface area contributed by atoms with E-state index < -0.39 is 17.9 Å². The Labute approximate surface area is 116 Å². The number of amides is 1. The predicted molar refractivity (Wildman–Crippen MR) is 66.3 cm³/mol. The number of carbonyl (C=O) groups excluding carboxylic acids is 1. The minimum atomic E-state index is -4.59. The van der Waals surface area contributed by atoms with E-state index in [4.69, 9.17) is 0 Å². The van der Waals surface area contributed by atoms with Crippen LogP contribution in [0, 0.1) is 0 Å². The molecule has 0 aliphatic rings. The van der Waals surface area contributed by atoms with E-state index in [0.29, 0.717) is 5.56 Å². The molecule has 21 heavy (non-hydrogen) atoms. The van der Waals surface area contributed by atoms with Crippen molar-refractivity contribution in [3.05, 3.63) is 53.9 Å². The lowest BCUT2D eigenvalue weighted by Gasteiger charge is -2.03. The molecule has 1 amide bonds. The molecule has 2 aromatic rings. The number of hydrogen-bond acceptors (Lipinski definition) is 5. The van der Waals surface area contributed by atoms with Gasteiger partial charge in [0.2, 0.25) is 5.82 Å². The first-order valence-corrected chi connectivity index (χ1v) is 5.59. The van der Waals surface area contributed by atoms with E-state index in [9.17, 15) is 18.0 Å². The van der Waals surface area contributed by atoms with Crippen LogP contribution in [0.15, 0.2) is 42.0 Å². The van der Waals surface area contributed by atoms with Gasteiger partial charge in [-0.3, -0.25) is 9.78 Å². The Hall–Kier alpha value is -2.84. The quantitative estimate of drug-likeness (QED) is 0.689. The minimum Gasteiger partial charge on any atom is -0.267 e. The Morgan fingerprint density at radius 3 is 2.38 bits per heavy atom. The zero-order valence-corrected chi connectivity index (χ0v) is 10.4. The van der Waals surface area contributed by atoms with Gasteiger partial charge in [-0.25, -0.2) is 15.4 Å². The molecule has 0 saturated heterocycles. The highest BCUT2D eigenvalue weighted by Crippen LogP contribution is 2.25. The third-order valence-electron chi connectivity index (χ3n) is 2.25. The second kappa shape index (κ2) is 6.07. The molecule has 2 heterocycles. The van der Waals surface area contributed by atoms with E-state index in [2.05, 4.69) is 25.5 Å². The summed E-state index contributed by atoms with van der Waals surface area (Å²) in [5.74, 6) is -1.71. The summed E-state index contributed by atoms with van der Waals surface area (Å²) in [5.41, 5.74) is 2.79. The molecule has 0 spiro atoms. The number of rotatable bonds is 3. The fourth-order valence-electron chi connectivity index (χ4n) is 1.28. The number of pyridine rings is 1. The van der Waals surface area contributed by atoms with Gasteiger partial charge in [0.15, 0.2) is 0 Å². The van der Waals surface area contributed by atoms with Crippen LogP contribution in [0.2, 0.25) is 0 Å². The SMILES string of the molecule is O=C(N/N=C/c1cnc(C(F)(F)F)nc1)c1ccncc1. The van der Waals surface area contributed by atoms with Gasteiger partial charge in [-0.15, -0.1) is 0 Å². The molecule has 0 aliphatic heterocycles. The first kappa shape index (κ1) is 14.6. The lowest BCUT2D eigenvalue weighted by molar-refractivity contribution is -0.145. The second-order valence-electron chi connectivity index (χ2n) is 3.77. The summed E-state index contributed by atoms with van der Waals surface area (Å²) in [6, 6.07) is 2.98. The average Bonchev–Trinajstić information content (AvgIpc) is 2.47. The van der Waals surface area contributed by atoms with Crippen LogP contribution < -0.4 is 5.43 Å². The summed E-state index contributed by atoms with van der Waals surface area (Å²) in [5, 5.41) is 3.60. The van der Waals surface area contributed by atoms with Gasteiger partial charge < -0.3 is 0 Å². The maximum atomic E-state index is 12.2. The zero-order valence-electron chi connectivity index (χ0n) is 10.4. The Morgan fingerprint density at radius 1 is 1.19 bits per heavy atom. The average molecular weight is 295 g/mol. The van der Waals surface area contributed by atoms with Crippen LogP contribution in [0.25, 0.3) is 0 Å². The molecule has 0 bridgehead atoms. The molecule has 2 rings (SSSR count). The normalized spacial score (nSPS) is 11.6. The largest absolute Gasteiger partial charge is 0.451 e. The molecule has 6 nitrogen and oxygen atoms in total. The summed E-state index contributed by atoms with van der Waals surface area (Å²) in [4.78, 5) is 21.7. The third-order valence-corrected chi connectivity index (χ3v) is 2.25. The Balaban J connectivity index is 1.97. The van der Waals surface area contributed by atoms with Crippen molar-refractivity contribution in [1.82, 2.24) is 20.4 Å². The van der Waals surface area contributed by atoms with Gasteiger partial charge in [-0.1, -0.05) is 0 Å². The van der Waals surface area contributed by atoms with Gasteiger partial charge in [0, 0.05) is 35.9 Å². The van der Waals surface area contributed by atoms with E-state index >= 15 is 0 Å². The third kappa shape index (κ3) is 4.06. The van der Waals surface area contributed by atoms with Gasteiger partial charge in [0.1, 0.15) is 0 Å². The lowest BCUT2D eigenvalue weighted by atomic mass is 10.3. The molecule has 108 valence electrons. The fraction of sp³-hybridized carbons (Fsp3) is 0.0833. The molecule has 0 fully saturated rings. The van der Waals surface area contributed by atoms with Crippen LogP contribution in [0.4, 0.5) is 13.2 Å². The van der Waals surface area contributed by atoms with Crippen LogP contribution in [0.3, 0.4) is 0 Å². The topological polar surface area (TPSA) is 80.1 Å². The molecule has 9 heteroatoms. The number of nitrogens with one attached hydrogen (secondary N) is 1. The van der Waals surface area contributed by atoms with Crippen molar-refractivity contribution < 1.29 is 18.0 Å². The van der Waals surface area contributed by atoms with Crippen molar-refractivity contribution in [2.75, 3.05) is 0 Å². The molecule has 0 saturated carbocycles. The monoisotopic (exact) mass is 295 g/mol. The highest BCUT2D eigenvalue weighted by atomic mass is 19.4. The summed E-state index contributed by atoms with van der Waals surface area (Å²) < 4.78 is 36.7. The van der Waals surface area contributed by atoms with Gasteiger partial charge in [0.25, 0.3) is 5.91 Å². The molecule has 1 N–H and O–H groups in total. The van der Waals surface area contributed by atoms with E-state index in [1.165, 1.54) is 24.5 Å². The smallest absolute Gasteiger partial charge is 0.267 e. The molecular formula is C12H8F3N5O. The number of alkyl halides is 3. The first-order chi connectivity index (χ1) is 9.97. The molecular weight excluding hydrogens is 287 g/mol. The molecule has 0 aliphatic carbocycles. The van der Waals surface area contributed by atoms with E-state index in [-0.39, 0.29) is 5.56 Å². The summed E-state index contributed by atoms with van der Waals surface area (Å²) in [6.45, 7) is 0. The maximum absolute atomic E-state index is 12.2. The van der Waals surface area contributed by atoms with Crippen molar-refractivity contribution in [2.24, 2.45) is 5.10 Å². The number of nitrogens with zero attached hydrogens (tertiary/aromatic N) is 4. The molecule has 2 aromatic heterocycles. The fourth-order valence-corrected chi connectivity index (χ4v) is 1.28. The van der Waals surface area contributed by atoms with Crippen LogP contribution >= 0.6 is 0 Å². The summed E-state index contributed by atoms with van der Waals surface area (Å²) in [7, 11) is 0. The molecule has 0 unspecified atom stereocenters. The van der Waals surface area contributed by atoms with E-state index in [1.54, 1.807) is 0 Å². The van der Waals surface area contributed by atoms with E-state index in [0.717, 1.165) is 18.6 Å². The van der Waals surface area contributed by atoms with E-state index in [1.807, 2.05) is 0 Å². The standard InChI is InChI=1S/C12H8F3N5O/c13-12(14,15)11-17-5-8(6-18-11)7-19-20-10(21)9-1-3-16-4-2-9/h1-7H,(H,20,21)/b19-7+. The number of halogens is 3. The van der Waals surface area contributed by atoms with Crippen molar-refractivity contribution in [1.29, 1.82) is 0 Å². The molecule has 0 aromatic carbocycles. The Bertz CT molecular complexity index is 640. The molecule has 0 atom stereocenters. The minimum absolute atomic E-state index is 0.220. The first-order valence-electron chi connectivity index (χ1n) is 5.59. The zero-order chi connectivity index (χ0) is 15.3. The van der Waals surface area contributed by atoms with Crippen LogP contribution in [0.5, 0.6) is 0 Å². The van der Waals surface area contributed by atoms with Crippen LogP contribution in [-0.4, -0.2) is 27.1 Å². The number of aromatic nitrogens is 3. The summed E-state index contributed by atoms with van der Waals surface area (Å²) in [6.07, 6.45) is 1.35. The van der Waals surface area contributed by atoms with Crippen molar-refractivity contribution in [3.63, 3.8) is 0 Å². The van der Waals surface area contributed by atoms with Crippen molar-refractivity contribution in [3.8, 4) is 0 Å². The van der Waals surface area contributed by atoms with Gasteiger partial charge >= 0.3 is 6.18 Å². The van der Waals surface area contributed by atoms with Gasteiger partial charge in [-0.2, -0.15) is 18.3 Å². The summed E-state index contributed by atoms with van der Waals surface area (Å²) >= 11 is 0. The second-order valence-corrected chi connectivity index (χ2v) is 3.77. The Kier molecular flexibility index (Phi) is 4.21. The number of hydrogen-bond donors (Lipinski definition) is 1. The highest BCUT2D eigenvalue weighted by Gasteiger charge is 2.34. The van der Waals surface area contributed by atoms with Gasteiger partial charge in [0.05, 0.1) is 6.21 Å². The van der Waals surface area contributed by atoms with Crippen LogP contribution in [0.1, 0.15) is 21.7 Å². The number of hydrazone groups is 1. The lowest BCUT2D eigenvalue weighted by Crippen LogP contribution is -2.17. The predicted octanol–water partition coefficient (Wildman–Crippen LogP) is 1.65.